The average molecular weight is 298 g/mol. The van der Waals surface area contributed by atoms with Gasteiger partial charge in [-0.1, -0.05) is 37.9 Å². The third-order valence-electron chi connectivity index (χ3n) is 3.41. The Labute approximate surface area is 126 Å². The standard InChI is InChI=1S/C16H24ClNO2/c1-5-6-7-18(10-13(4)16(19)20)15-12(3)8-11(2)9-14(15)17/h8-9,13H,5-7,10H2,1-4H3,(H,19,20). The zero-order valence-corrected chi connectivity index (χ0v) is 13.5. The topological polar surface area (TPSA) is 40.5 Å². The zero-order valence-electron chi connectivity index (χ0n) is 12.7. The Kier molecular flexibility index (Phi) is 6.34. The van der Waals surface area contributed by atoms with E-state index in [0.717, 1.165) is 36.2 Å². The van der Waals surface area contributed by atoms with Crippen LogP contribution >= 0.6 is 11.6 Å². The normalized spacial score (nSPS) is 12.2. The minimum atomic E-state index is -0.771. The molecule has 4 heteroatoms. The highest BCUT2D eigenvalue weighted by atomic mass is 35.5. The minimum Gasteiger partial charge on any atom is -0.481 e. The number of carboxylic acid groups (broad SMARTS) is 1. The zero-order chi connectivity index (χ0) is 15.3. The molecule has 0 heterocycles. The lowest BCUT2D eigenvalue weighted by molar-refractivity contribution is -0.140. The smallest absolute Gasteiger partial charge is 0.308 e. The fourth-order valence-electron chi connectivity index (χ4n) is 2.36. The summed E-state index contributed by atoms with van der Waals surface area (Å²) in [4.78, 5) is 13.2. The second-order valence-electron chi connectivity index (χ2n) is 5.45. The summed E-state index contributed by atoms with van der Waals surface area (Å²) < 4.78 is 0. The van der Waals surface area contributed by atoms with E-state index in [1.54, 1.807) is 6.92 Å². The Morgan fingerprint density at radius 2 is 2.05 bits per heavy atom. The molecule has 0 saturated carbocycles. The molecule has 1 N–H and O–H groups in total. The Morgan fingerprint density at radius 1 is 1.40 bits per heavy atom. The number of benzene rings is 1. The van der Waals surface area contributed by atoms with E-state index in [1.165, 1.54) is 0 Å². The summed E-state index contributed by atoms with van der Waals surface area (Å²) >= 11 is 6.38. The molecule has 0 amide bonds. The molecular weight excluding hydrogens is 274 g/mol. The number of aliphatic carboxylic acids is 1. The quantitative estimate of drug-likeness (QED) is 0.816. The maximum absolute atomic E-state index is 11.1. The van der Waals surface area contributed by atoms with Gasteiger partial charge in [-0.15, -0.1) is 0 Å². The van der Waals surface area contributed by atoms with Crippen molar-refractivity contribution >= 4 is 23.3 Å². The molecule has 0 fully saturated rings. The van der Waals surface area contributed by atoms with Gasteiger partial charge in [0.15, 0.2) is 0 Å². The number of carbonyl (C=O) groups is 1. The summed E-state index contributed by atoms with van der Waals surface area (Å²) in [6.07, 6.45) is 2.09. The van der Waals surface area contributed by atoms with E-state index in [4.69, 9.17) is 16.7 Å². The molecular formula is C16H24ClNO2. The summed E-state index contributed by atoms with van der Waals surface area (Å²) in [5, 5.41) is 9.83. The number of aryl methyl sites for hydroxylation is 2. The van der Waals surface area contributed by atoms with E-state index < -0.39 is 11.9 Å². The molecule has 20 heavy (non-hydrogen) atoms. The predicted molar refractivity (Wildman–Crippen MR) is 84.8 cm³/mol. The van der Waals surface area contributed by atoms with Crippen LogP contribution in [0.4, 0.5) is 5.69 Å². The molecule has 1 unspecified atom stereocenters. The second-order valence-corrected chi connectivity index (χ2v) is 5.86. The highest BCUT2D eigenvalue weighted by molar-refractivity contribution is 6.33. The molecule has 112 valence electrons. The van der Waals surface area contributed by atoms with Gasteiger partial charge in [0.1, 0.15) is 0 Å². The molecule has 0 aliphatic rings. The molecule has 0 aliphatic heterocycles. The Morgan fingerprint density at radius 3 is 2.55 bits per heavy atom. The van der Waals surface area contributed by atoms with E-state index >= 15 is 0 Å². The van der Waals surface area contributed by atoms with Crippen LogP contribution in [0.5, 0.6) is 0 Å². The third-order valence-corrected chi connectivity index (χ3v) is 3.70. The summed E-state index contributed by atoms with van der Waals surface area (Å²) in [5.74, 6) is -1.18. The van der Waals surface area contributed by atoms with Crippen molar-refractivity contribution in [3.63, 3.8) is 0 Å². The van der Waals surface area contributed by atoms with Crippen LogP contribution in [0, 0.1) is 19.8 Å². The summed E-state index contributed by atoms with van der Waals surface area (Å²) in [6.45, 7) is 9.22. The van der Waals surface area contributed by atoms with Crippen molar-refractivity contribution in [2.75, 3.05) is 18.0 Å². The first-order valence-electron chi connectivity index (χ1n) is 7.11. The van der Waals surface area contributed by atoms with Gasteiger partial charge in [0.25, 0.3) is 0 Å². The van der Waals surface area contributed by atoms with Gasteiger partial charge < -0.3 is 10.0 Å². The van der Waals surface area contributed by atoms with Crippen LogP contribution in [0.2, 0.25) is 5.02 Å². The molecule has 1 aromatic rings. The van der Waals surface area contributed by atoms with Gasteiger partial charge in [0.2, 0.25) is 0 Å². The number of rotatable bonds is 7. The SMILES string of the molecule is CCCCN(CC(C)C(=O)O)c1c(C)cc(C)cc1Cl. The first-order valence-corrected chi connectivity index (χ1v) is 7.49. The van der Waals surface area contributed by atoms with Crippen molar-refractivity contribution in [2.45, 2.75) is 40.5 Å². The maximum atomic E-state index is 11.1. The van der Waals surface area contributed by atoms with E-state index in [9.17, 15) is 4.79 Å². The van der Waals surface area contributed by atoms with Crippen molar-refractivity contribution in [1.82, 2.24) is 0 Å². The largest absolute Gasteiger partial charge is 0.481 e. The number of anilines is 1. The van der Waals surface area contributed by atoms with E-state index in [2.05, 4.69) is 17.9 Å². The van der Waals surface area contributed by atoms with Gasteiger partial charge in [-0.2, -0.15) is 0 Å². The minimum absolute atomic E-state index is 0.413. The van der Waals surface area contributed by atoms with Crippen LogP contribution in [0.3, 0.4) is 0 Å². The van der Waals surface area contributed by atoms with Crippen molar-refractivity contribution in [1.29, 1.82) is 0 Å². The van der Waals surface area contributed by atoms with Gasteiger partial charge in [0.05, 0.1) is 16.6 Å². The second kappa shape index (κ2) is 7.53. The van der Waals surface area contributed by atoms with Gasteiger partial charge in [-0.25, -0.2) is 0 Å². The van der Waals surface area contributed by atoms with Crippen LogP contribution < -0.4 is 4.90 Å². The number of hydrogen-bond acceptors (Lipinski definition) is 2. The number of halogens is 1. The van der Waals surface area contributed by atoms with E-state index in [0.29, 0.717) is 11.6 Å². The summed E-state index contributed by atoms with van der Waals surface area (Å²) in [7, 11) is 0. The molecule has 0 spiro atoms. The number of carboxylic acids is 1. The average Bonchev–Trinajstić information content (AvgIpc) is 2.33. The molecule has 1 aromatic carbocycles. The summed E-state index contributed by atoms with van der Waals surface area (Å²) in [6, 6.07) is 4.03. The van der Waals surface area contributed by atoms with Crippen molar-refractivity contribution in [3.05, 3.63) is 28.3 Å². The molecule has 1 rings (SSSR count). The van der Waals surface area contributed by atoms with Crippen LogP contribution in [-0.2, 0) is 4.79 Å². The first kappa shape index (κ1) is 16.8. The molecule has 0 aromatic heterocycles. The lowest BCUT2D eigenvalue weighted by Gasteiger charge is -2.29. The van der Waals surface area contributed by atoms with E-state index in [1.807, 2.05) is 19.9 Å². The van der Waals surface area contributed by atoms with Crippen molar-refractivity contribution in [3.8, 4) is 0 Å². The Balaban J connectivity index is 3.07. The molecule has 0 radical (unpaired) electrons. The molecule has 3 nitrogen and oxygen atoms in total. The van der Waals surface area contributed by atoms with Gasteiger partial charge in [-0.3, -0.25) is 4.79 Å². The van der Waals surface area contributed by atoms with Gasteiger partial charge in [-0.05, 0) is 37.5 Å². The monoisotopic (exact) mass is 297 g/mol. The fraction of sp³-hybridized carbons (Fsp3) is 0.562. The molecule has 0 bridgehead atoms. The van der Waals surface area contributed by atoms with E-state index in [-0.39, 0.29) is 0 Å². The van der Waals surface area contributed by atoms with Crippen molar-refractivity contribution in [2.24, 2.45) is 5.92 Å². The number of hydrogen-bond donors (Lipinski definition) is 1. The van der Waals surface area contributed by atoms with Crippen molar-refractivity contribution < 1.29 is 9.90 Å². The molecule has 0 saturated heterocycles. The lowest BCUT2D eigenvalue weighted by atomic mass is 10.1. The lowest BCUT2D eigenvalue weighted by Crippen LogP contribution is -2.33. The van der Waals surface area contributed by atoms with Crippen LogP contribution in [-0.4, -0.2) is 24.2 Å². The molecule has 1 atom stereocenters. The number of nitrogens with zero attached hydrogens (tertiary/aromatic N) is 1. The van der Waals surface area contributed by atoms with Crippen LogP contribution in [0.1, 0.15) is 37.8 Å². The third kappa shape index (κ3) is 4.41. The van der Waals surface area contributed by atoms with Crippen LogP contribution in [0.25, 0.3) is 0 Å². The molecule has 0 aliphatic carbocycles. The highest BCUT2D eigenvalue weighted by Gasteiger charge is 2.19. The van der Waals surface area contributed by atoms with Gasteiger partial charge in [0, 0.05) is 13.1 Å². The number of unbranched alkanes of at least 4 members (excludes halogenated alkanes) is 1. The first-order chi connectivity index (χ1) is 9.36. The maximum Gasteiger partial charge on any atom is 0.308 e. The Bertz CT molecular complexity index is 451. The predicted octanol–water partition coefficient (Wildman–Crippen LogP) is 4.28. The Hall–Kier alpha value is -1.22. The fourth-order valence-corrected chi connectivity index (χ4v) is 2.80. The van der Waals surface area contributed by atoms with Crippen LogP contribution in [0.15, 0.2) is 12.1 Å². The summed E-state index contributed by atoms with van der Waals surface area (Å²) in [5.41, 5.74) is 3.19. The van der Waals surface area contributed by atoms with Gasteiger partial charge >= 0.3 is 5.97 Å². The highest BCUT2D eigenvalue weighted by Crippen LogP contribution is 2.31.